The summed E-state index contributed by atoms with van der Waals surface area (Å²) >= 11 is 5.06. The van der Waals surface area contributed by atoms with E-state index < -0.39 is 0 Å². The van der Waals surface area contributed by atoms with Gasteiger partial charge < -0.3 is 5.32 Å². The zero-order chi connectivity index (χ0) is 11.8. The molecule has 3 rings (SSSR count). The van der Waals surface area contributed by atoms with Crippen LogP contribution >= 0.6 is 27.3 Å². The predicted octanol–water partition coefficient (Wildman–Crippen LogP) is 3.26. The van der Waals surface area contributed by atoms with Crippen LogP contribution in [0.3, 0.4) is 0 Å². The molecule has 1 N–H and O–H groups in total. The molecule has 0 radical (unpaired) electrons. The minimum Gasteiger partial charge on any atom is -0.356 e. The van der Waals surface area contributed by atoms with Crippen LogP contribution in [0.4, 0.5) is 5.95 Å². The van der Waals surface area contributed by atoms with Gasteiger partial charge in [0.2, 0.25) is 10.9 Å². The van der Waals surface area contributed by atoms with Crippen molar-refractivity contribution >= 4 is 38.2 Å². The normalized spacial score (nSPS) is 10.9. The van der Waals surface area contributed by atoms with Crippen molar-refractivity contribution < 1.29 is 0 Å². The molecular formula is C11H9BrN4S. The molecule has 4 nitrogen and oxygen atoms in total. The van der Waals surface area contributed by atoms with Gasteiger partial charge in [-0.2, -0.15) is 4.98 Å². The van der Waals surface area contributed by atoms with Crippen LogP contribution in [0.2, 0.25) is 0 Å². The maximum absolute atomic E-state index is 4.39. The zero-order valence-electron chi connectivity index (χ0n) is 9.01. The summed E-state index contributed by atoms with van der Waals surface area (Å²) in [6, 6.07) is 8.15. The van der Waals surface area contributed by atoms with Crippen LogP contribution in [-0.4, -0.2) is 21.6 Å². The van der Waals surface area contributed by atoms with E-state index in [4.69, 9.17) is 0 Å². The number of hydrogen-bond donors (Lipinski definition) is 1. The van der Waals surface area contributed by atoms with Gasteiger partial charge in [0.05, 0.1) is 5.69 Å². The summed E-state index contributed by atoms with van der Waals surface area (Å²) in [6.07, 6.45) is 0. The van der Waals surface area contributed by atoms with Crippen molar-refractivity contribution in [2.75, 3.05) is 12.4 Å². The summed E-state index contributed by atoms with van der Waals surface area (Å²) in [7, 11) is 1.82. The number of rotatable bonds is 2. The van der Waals surface area contributed by atoms with E-state index in [1.54, 1.807) is 11.3 Å². The van der Waals surface area contributed by atoms with Crippen molar-refractivity contribution in [1.82, 2.24) is 14.6 Å². The van der Waals surface area contributed by atoms with E-state index >= 15 is 0 Å². The fraction of sp³-hybridized carbons (Fsp3) is 0.0909. The number of halogens is 1. The fourth-order valence-corrected chi connectivity index (χ4v) is 2.86. The van der Waals surface area contributed by atoms with Crippen molar-refractivity contribution in [3.63, 3.8) is 0 Å². The molecule has 0 spiro atoms. The Morgan fingerprint density at radius 3 is 3.06 bits per heavy atom. The van der Waals surface area contributed by atoms with Crippen LogP contribution in [0.5, 0.6) is 0 Å². The van der Waals surface area contributed by atoms with Gasteiger partial charge in [-0.1, -0.05) is 28.1 Å². The number of nitrogens with one attached hydrogen (secondary N) is 1. The first-order chi connectivity index (χ1) is 8.28. The van der Waals surface area contributed by atoms with Gasteiger partial charge in [0.15, 0.2) is 0 Å². The standard InChI is InChI=1S/C11H9BrN4S/c1-13-10-14-11-16(15-10)9(6-17-11)7-3-2-4-8(12)5-7/h2-6H,1H3,(H,13,15). The van der Waals surface area contributed by atoms with Gasteiger partial charge in [-0.25, -0.2) is 4.52 Å². The number of thiazole rings is 1. The van der Waals surface area contributed by atoms with Gasteiger partial charge in [0.1, 0.15) is 0 Å². The second kappa shape index (κ2) is 4.12. The minimum atomic E-state index is 0.646. The SMILES string of the molecule is CNc1nc2scc(-c3cccc(Br)c3)n2n1. The molecule has 0 saturated heterocycles. The zero-order valence-corrected chi connectivity index (χ0v) is 11.4. The highest BCUT2D eigenvalue weighted by Gasteiger charge is 2.10. The maximum Gasteiger partial charge on any atom is 0.243 e. The molecule has 0 aliphatic rings. The number of anilines is 1. The van der Waals surface area contributed by atoms with Gasteiger partial charge in [0.25, 0.3) is 0 Å². The second-order valence-corrected chi connectivity index (χ2v) is 5.26. The molecule has 1 aromatic carbocycles. The lowest BCUT2D eigenvalue weighted by Gasteiger charge is -1.99. The summed E-state index contributed by atoms with van der Waals surface area (Å²) in [5.74, 6) is 0.646. The number of aromatic nitrogens is 3. The molecule has 3 aromatic rings. The first-order valence-corrected chi connectivity index (χ1v) is 6.73. The monoisotopic (exact) mass is 308 g/mol. The highest BCUT2D eigenvalue weighted by molar-refractivity contribution is 9.10. The molecule has 6 heteroatoms. The molecule has 17 heavy (non-hydrogen) atoms. The van der Waals surface area contributed by atoms with Gasteiger partial charge in [-0.05, 0) is 12.1 Å². The molecule has 0 bridgehead atoms. The second-order valence-electron chi connectivity index (χ2n) is 3.51. The van der Waals surface area contributed by atoms with Crippen molar-refractivity contribution in [2.45, 2.75) is 0 Å². The third-order valence-corrected chi connectivity index (χ3v) is 3.74. The molecule has 0 amide bonds. The summed E-state index contributed by atoms with van der Waals surface area (Å²) in [6.45, 7) is 0. The van der Waals surface area contributed by atoms with Gasteiger partial charge in [-0.3, -0.25) is 0 Å². The molecule has 2 heterocycles. The smallest absolute Gasteiger partial charge is 0.243 e. The summed E-state index contributed by atoms with van der Waals surface area (Å²) < 4.78 is 2.92. The van der Waals surface area contributed by atoms with Gasteiger partial charge >= 0.3 is 0 Å². The lowest BCUT2D eigenvalue weighted by molar-refractivity contribution is 0.986. The van der Waals surface area contributed by atoms with Crippen molar-refractivity contribution in [2.24, 2.45) is 0 Å². The minimum absolute atomic E-state index is 0.646. The number of benzene rings is 1. The molecule has 0 unspecified atom stereocenters. The summed E-state index contributed by atoms with van der Waals surface area (Å²) in [5.41, 5.74) is 2.18. The van der Waals surface area contributed by atoms with Gasteiger partial charge in [-0.15, -0.1) is 16.4 Å². The summed E-state index contributed by atoms with van der Waals surface area (Å²) in [4.78, 5) is 5.24. The Hall–Kier alpha value is -1.40. The Morgan fingerprint density at radius 1 is 1.41 bits per heavy atom. The Bertz CT molecular complexity index is 673. The number of hydrogen-bond acceptors (Lipinski definition) is 4. The molecular weight excluding hydrogens is 300 g/mol. The van der Waals surface area contributed by atoms with Crippen molar-refractivity contribution in [3.05, 3.63) is 34.1 Å². The Labute approximate surface area is 110 Å². The van der Waals surface area contributed by atoms with E-state index in [0.717, 1.165) is 20.7 Å². The van der Waals surface area contributed by atoms with Crippen LogP contribution < -0.4 is 5.32 Å². The Kier molecular flexibility index (Phi) is 2.60. The van der Waals surface area contributed by atoms with Crippen LogP contribution in [0.15, 0.2) is 34.1 Å². The van der Waals surface area contributed by atoms with Crippen LogP contribution in [0.25, 0.3) is 16.2 Å². The third kappa shape index (κ3) is 1.83. The highest BCUT2D eigenvalue weighted by Crippen LogP contribution is 2.27. The topological polar surface area (TPSA) is 42.2 Å². The van der Waals surface area contributed by atoms with Crippen molar-refractivity contribution in [1.29, 1.82) is 0 Å². The molecule has 0 atom stereocenters. The van der Waals surface area contributed by atoms with E-state index in [1.165, 1.54) is 0 Å². The predicted molar refractivity (Wildman–Crippen MR) is 73.5 cm³/mol. The van der Waals surface area contributed by atoms with E-state index in [9.17, 15) is 0 Å². The quantitative estimate of drug-likeness (QED) is 0.790. The lowest BCUT2D eigenvalue weighted by Crippen LogP contribution is -1.92. The average molecular weight is 309 g/mol. The Balaban J connectivity index is 2.19. The number of nitrogens with zero attached hydrogens (tertiary/aromatic N) is 3. The summed E-state index contributed by atoms with van der Waals surface area (Å²) in [5, 5.41) is 9.40. The van der Waals surface area contributed by atoms with Crippen LogP contribution in [0.1, 0.15) is 0 Å². The van der Waals surface area contributed by atoms with Crippen LogP contribution in [-0.2, 0) is 0 Å². The number of fused-ring (bicyclic) bond motifs is 1. The third-order valence-electron chi connectivity index (χ3n) is 2.43. The molecule has 0 aliphatic heterocycles. The average Bonchev–Trinajstić information content (AvgIpc) is 2.87. The Morgan fingerprint density at radius 2 is 2.29 bits per heavy atom. The van der Waals surface area contributed by atoms with Gasteiger partial charge in [0, 0.05) is 22.5 Å². The largest absolute Gasteiger partial charge is 0.356 e. The highest BCUT2D eigenvalue weighted by atomic mass is 79.9. The molecule has 86 valence electrons. The van der Waals surface area contributed by atoms with E-state index in [0.29, 0.717) is 5.95 Å². The fourth-order valence-electron chi connectivity index (χ4n) is 1.63. The lowest BCUT2D eigenvalue weighted by atomic mass is 10.2. The van der Waals surface area contributed by atoms with Crippen molar-refractivity contribution in [3.8, 4) is 11.3 Å². The van der Waals surface area contributed by atoms with Crippen LogP contribution in [0, 0.1) is 0 Å². The molecule has 2 aromatic heterocycles. The maximum atomic E-state index is 4.39. The molecule has 0 saturated carbocycles. The first-order valence-electron chi connectivity index (χ1n) is 5.06. The molecule has 0 aliphatic carbocycles. The first kappa shape index (κ1) is 10.7. The van der Waals surface area contributed by atoms with E-state index in [2.05, 4.69) is 48.8 Å². The van der Waals surface area contributed by atoms with E-state index in [-0.39, 0.29) is 0 Å². The van der Waals surface area contributed by atoms with E-state index in [1.807, 2.05) is 23.7 Å². The molecule has 0 fully saturated rings.